The summed E-state index contributed by atoms with van der Waals surface area (Å²) in [5.41, 5.74) is 0. The Hall–Kier alpha value is -8.88. The zero-order chi connectivity index (χ0) is 63.3. The third-order valence-electron chi connectivity index (χ3n) is 16.8. The number of hydrogen-bond acceptors (Lipinski definition) is 9. The molecule has 10 heteroatoms. The lowest BCUT2D eigenvalue weighted by Crippen LogP contribution is -2.07. The number of benzene rings is 18. The molecule has 0 unspecified atom stereocenters. The Kier molecular flexibility index (Phi) is 18.3. The monoisotopic (exact) mass is 1320 g/mol. The van der Waals surface area contributed by atoms with Crippen molar-refractivity contribution >= 4 is 201 Å². The van der Waals surface area contributed by atoms with E-state index in [2.05, 4.69) is 328 Å². The first kappa shape index (κ1) is 61.3. The predicted octanol–water partition coefficient (Wildman–Crippen LogP) is 25.2. The first-order valence-electron chi connectivity index (χ1n) is 30.8. The third-order valence-corrected chi connectivity index (χ3v) is 24.1. The first-order valence-corrected chi connectivity index (χ1v) is 37.3. The summed E-state index contributed by atoms with van der Waals surface area (Å²) in [6.07, 6.45) is 0. The Morgan fingerprint density at radius 3 is 0.574 bits per heavy atom. The molecule has 18 aromatic carbocycles. The number of hydrogen-bond donors (Lipinski definition) is 3. The molecular weight excluding hydrogens is 1260 g/mol. The van der Waals surface area contributed by atoms with Gasteiger partial charge in [-0.25, -0.2) is 0 Å². The molecule has 0 bridgehead atoms. The van der Waals surface area contributed by atoms with Crippen LogP contribution in [0.1, 0.15) is 0 Å². The van der Waals surface area contributed by atoms with Crippen LogP contribution in [-0.2, 0) is 0 Å². The van der Waals surface area contributed by atoms with Crippen molar-refractivity contribution < 1.29 is 15.1 Å². The molecule has 0 radical (unpaired) electrons. The van der Waals surface area contributed by atoms with Crippen LogP contribution in [0, 0.1) is 0 Å². The van der Waals surface area contributed by atoms with E-state index in [-0.39, 0.29) is 0 Å². The van der Waals surface area contributed by atoms with E-state index in [1.165, 1.54) is 159 Å². The van der Waals surface area contributed by atoms with Crippen LogP contribution in [0.5, 0.6) is 0 Å². The maximum Gasteiger partial charge on any atom is 0.631 e. The van der Waals surface area contributed by atoms with Crippen LogP contribution >= 0.6 is 64.8 Å². The van der Waals surface area contributed by atoms with Gasteiger partial charge in [0.25, 0.3) is 0 Å². The highest BCUT2D eigenvalue weighted by molar-refractivity contribution is 8.77. The highest BCUT2D eigenvalue weighted by Crippen LogP contribution is 2.46. The molecule has 0 saturated heterocycles. The zero-order valence-electron chi connectivity index (χ0n) is 50.5. The van der Waals surface area contributed by atoms with Crippen molar-refractivity contribution in [3.8, 4) is 0 Å². The fourth-order valence-electron chi connectivity index (χ4n) is 12.2. The molecule has 0 atom stereocenters. The van der Waals surface area contributed by atoms with Crippen molar-refractivity contribution in [2.24, 2.45) is 0 Å². The fourth-order valence-corrected chi connectivity index (χ4v) is 18.8. The van der Waals surface area contributed by atoms with Gasteiger partial charge in [0.2, 0.25) is 0 Å². The lowest BCUT2D eigenvalue weighted by molar-refractivity contribution is 0.278. The molecule has 0 heterocycles. The van der Waals surface area contributed by atoms with E-state index in [1.807, 2.05) is 64.8 Å². The largest absolute Gasteiger partial charge is 0.631 e. The van der Waals surface area contributed by atoms with Crippen LogP contribution in [0.2, 0.25) is 0 Å². The normalized spacial score (nSPS) is 11.4. The molecule has 18 aromatic rings. The molecule has 0 aliphatic heterocycles. The second-order valence-corrected chi connectivity index (χ2v) is 29.7. The lowest BCUT2D eigenvalue weighted by atomic mass is 10.0. The molecule has 94 heavy (non-hydrogen) atoms. The van der Waals surface area contributed by atoms with Crippen molar-refractivity contribution in [3.05, 3.63) is 328 Å². The van der Waals surface area contributed by atoms with Crippen LogP contribution in [0.3, 0.4) is 0 Å². The summed E-state index contributed by atoms with van der Waals surface area (Å²) in [6.45, 7) is 0. The number of rotatable bonds is 9. The summed E-state index contributed by atoms with van der Waals surface area (Å²) in [5, 5.41) is 52.6. The van der Waals surface area contributed by atoms with Gasteiger partial charge >= 0.3 is 7.32 Å². The Morgan fingerprint density at radius 1 is 0.160 bits per heavy atom. The van der Waals surface area contributed by atoms with Gasteiger partial charge in [-0.15, -0.1) is 0 Å². The Labute approximate surface area is 568 Å². The molecule has 3 N–H and O–H groups in total. The Morgan fingerprint density at radius 2 is 0.340 bits per heavy atom. The van der Waals surface area contributed by atoms with Gasteiger partial charge in [0, 0.05) is 29.4 Å². The summed E-state index contributed by atoms with van der Waals surface area (Å²) in [6, 6.07) is 119. The van der Waals surface area contributed by atoms with E-state index >= 15 is 0 Å². The summed E-state index contributed by atoms with van der Waals surface area (Å²) in [7, 11) is 8.85. The summed E-state index contributed by atoms with van der Waals surface area (Å²) in [5.74, 6) is 0. The van der Waals surface area contributed by atoms with Crippen molar-refractivity contribution in [1.29, 1.82) is 0 Å². The second-order valence-electron chi connectivity index (χ2n) is 23.0. The second kappa shape index (κ2) is 28.0. The van der Waals surface area contributed by atoms with Crippen LogP contribution in [0.15, 0.2) is 357 Å². The first-order chi connectivity index (χ1) is 46.2. The van der Waals surface area contributed by atoms with Crippen molar-refractivity contribution in [2.45, 2.75) is 29.4 Å². The lowest BCUT2D eigenvalue weighted by Gasteiger charge is -2.09. The Bertz CT molecular complexity index is 5300. The van der Waals surface area contributed by atoms with Gasteiger partial charge in [0.15, 0.2) is 0 Å². The van der Waals surface area contributed by atoms with Crippen LogP contribution < -0.4 is 0 Å². The third kappa shape index (κ3) is 13.9. The molecule has 18 rings (SSSR count). The minimum atomic E-state index is -2.17. The standard InChI is InChI=1S/3C28H18S2.BH3O3/c3*1-2-8-21-16-25-17-26(13-12-23(25)14-19(21)6-1)29-30-28-11-5-10-24-15-20-7-3-4-9-22(20)18-27(24)28;2-1(3)4/h3*1-18H;2-4H. The van der Waals surface area contributed by atoms with Crippen molar-refractivity contribution in [2.75, 3.05) is 0 Å². The molecule has 0 spiro atoms. The average Bonchev–Trinajstić information content (AvgIpc) is 0.986. The molecule has 0 aromatic heterocycles. The van der Waals surface area contributed by atoms with E-state index in [1.54, 1.807) is 0 Å². The Balaban J connectivity index is 0.000000113. The van der Waals surface area contributed by atoms with E-state index in [0.29, 0.717) is 0 Å². The highest BCUT2D eigenvalue weighted by atomic mass is 33.1. The molecule has 0 aliphatic rings. The molecular formula is C84H57BO3S6. The summed E-state index contributed by atoms with van der Waals surface area (Å²) in [4.78, 5) is 7.76. The van der Waals surface area contributed by atoms with E-state index in [9.17, 15) is 0 Å². The maximum atomic E-state index is 7.17. The molecule has 0 fully saturated rings. The molecule has 450 valence electrons. The average molecular weight is 1320 g/mol. The predicted molar refractivity (Wildman–Crippen MR) is 416 cm³/mol. The van der Waals surface area contributed by atoms with Gasteiger partial charge in [-0.1, -0.05) is 265 Å². The smallest absolute Gasteiger partial charge is 0.402 e. The van der Waals surface area contributed by atoms with Crippen LogP contribution in [0.25, 0.3) is 129 Å². The quantitative estimate of drug-likeness (QED) is 0.0745. The summed E-state index contributed by atoms with van der Waals surface area (Å²) >= 11 is 0. The fraction of sp³-hybridized carbons (Fsp3) is 0. The van der Waals surface area contributed by atoms with Gasteiger partial charge in [0.1, 0.15) is 0 Å². The molecule has 0 amide bonds. The van der Waals surface area contributed by atoms with Gasteiger partial charge in [-0.3, -0.25) is 0 Å². The molecule has 3 nitrogen and oxygen atoms in total. The number of fused-ring (bicyclic) bond motifs is 12. The molecule has 0 saturated carbocycles. The minimum Gasteiger partial charge on any atom is -0.402 e. The van der Waals surface area contributed by atoms with Crippen LogP contribution in [-0.4, -0.2) is 22.4 Å². The minimum absolute atomic E-state index is 1.28. The maximum absolute atomic E-state index is 7.17. The zero-order valence-corrected chi connectivity index (χ0v) is 55.4. The summed E-state index contributed by atoms with van der Waals surface area (Å²) < 4.78 is 0. The topological polar surface area (TPSA) is 60.7 Å². The van der Waals surface area contributed by atoms with Gasteiger partial charge in [0.05, 0.1) is 0 Å². The highest BCUT2D eigenvalue weighted by Gasteiger charge is 2.11. The van der Waals surface area contributed by atoms with E-state index in [0.717, 1.165) is 0 Å². The van der Waals surface area contributed by atoms with Crippen molar-refractivity contribution in [3.63, 3.8) is 0 Å². The van der Waals surface area contributed by atoms with Gasteiger partial charge in [-0.2, -0.15) is 0 Å². The van der Waals surface area contributed by atoms with Crippen molar-refractivity contribution in [1.82, 2.24) is 0 Å². The SMILES string of the molecule is OB(O)O.c1ccc2cc3cc(SSc4cccc5cc6ccccc6cc45)ccc3cc2c1.c1ccc2cc3cc(SSc4cccc5cc6ccccc6cc45)ccc3cc2c1.c1ccc2cc3cc(SSc4cccc5cc6ccccc6cc45)ccc3cc2c1. The van der Waals surface area contributed by atoms with Crippen LogP contribution in [0.4, 0.5) is 0 Å². The molecule has 0 aliphatic carbocycles. The van der Waals surface area contributed by atoms with E-state index < -0.39 is 7.32 Å². The van der Waals surface area contributed by atoms with Gasteiger partial charge < -0.3 is 15.1 Å². The van der Waals surface area contributed by atoms with Gasteiger partial charge in [-0.05, 0) is 257 Å². The van der Waals surface area contributed by atoms with E-state index in [4.69, 9.17) is 15.1 Å².